The van der Waals surface area contributed by atoms with E-state index in [1.807, 2.05) is 54.7 Å². The molecule has 39 heavy (non-hydrogen) atoms. The van der Waals surface area contributed by atoms with E-state index < -0.39 is 0 Å². The Labute approximate surface area is 226 Å². The zero-order chi connectivity index (χ0) is 26.6. The molecule has 0 N–H and O–H groups in total. The van der Waals surface area contributed by atoms with Crippen molar-refractivity contribution in [1.82, 2.24) is 24.6 Å². The smallest absolute Gasteiger partial charge is 0.146 e. The van der Waals surface area contributed by atoms with E-state index in [0.717, 1.165) is 60.2 Å². The van der Waals surface area contributed by atoms with Crippen molar-refractivity contribution >= 4 is 5.82 Å². The first-order valence-corrected chi connectivity index (χ1v) is 12.9. The number of hydrogen-bond donors (Lipinski definition) is 0. The molecule has 7 nitrogen and oxygen atoms in total. The molecule has 6 rings (SSSR count). The lowest BCUT2D eigenvalue weighted by Gasteiger charge is -2.35. The summed E-state index contributed by atoms with van der Waals surface area (Å²) >= 11 is 0. The van der Waals surface area contributed by atoms with Crippen LogP contribution in [0.15, 0.2) is 97.5 Å². The second-order valence-electron chi connectivity index (χ2n) is 9.43. The molecule has 0 unspecified atom stereocenters. The molecule has 1 aliphatic rings. The highest BCUT2D eigenvalue weighted by atomic mass is 19.1. The minimum Gasteiger partial charge on any atom is -0.353 e. The molecule has 4 heterocycles. The molecule has 2 aromatic carbocycles. The summed E-state index contributed by atoms with van der Waals surface area (Å²) in [7, 11) is 0. The Hall–Kier alpha value is -4.87. The summed E-state index contributed by atoms with van der Waals surface area (Å²) in [5.41, 5.74) is 5.42. The van der Waals surface area contributed by atoms with Crippen LogP contribution in [0.1, 0.15) is 11.1 Å². The third-order valence-electron chi connectivity index (χ3n) is 7.01. The topological polar surface area (TPSA) is 73.9 Å². The number of pyridine rings is 2. The van der Waals surface area contributed by atoms with Crippen molar-refractivity contribution in [2.24, 2.45) is 0 Å². The van der Waals surface area contributed by atoms with Gasteiger partial charge in [0.05, 0.1) is 35.0 Å². The molecule has 1 saturated heterocycles. The van der Waals surface area contributed by atoms with Gasteiger partial charge < -0.3 is 4.90 Å². The summed E-state index contributed by atoms with van der Waals surface area (Å²) in [6.45, 7) is 3.70. The zero-order valence-electron chi connectivity index (χ0n) is 21.3. The van der Waals surface area contributed by atoms with E-state index in [2.05, 4.69) is 30.9 Å². The SMILES string of the molecule is N#Cc1cccnc1N1CCN(Cc2cnn(-c3ccc(-c4ccccc4)nc3)c2-c2ccccc2F)CC1. The quantitative estimate of drug-likeness (QED) is 0.304. The monoisotopic (exact) mass is 515 g/mol. The number of benzene rings is 2. The van der Waals surface area contributed by atoms with Gasteiger partial charge in [0.25, 0.3) is 0 Å². The molecule has 5 aromatic rings. The van der Waals surface area contributed by atoms with Crippen LogP contribution >= 0.6 is 0 Å². The molecule has 192 valence electrons. The Morgan fingerprint density at radius 2 is 1.62 bits per heavy atom. The minimum absolute atomic E-state index is 0.293. The van der Waals surface area contributed by atoms with E-state index in [-0.39, 0.29) is 5.82 Å². The van der Waals surface area contributed by atoms with Gasteiger partial charge in [0.1, 0.15) is 17.7 Å². The highest BCUT2D eigenvalue weighted by Crippen LogP contribution is 2.31. The van der Waals surface area contributed by atoms with Crippen molar-refractivity contribution in [2.75, 3.05) is 31.1 Å². The van der Waals surface area contributed by atoms with Crippen LogP contribution in [0.2, 0.25) is 0 Å². The first-order chi connectivity index (χ1) is 19.2. The van der Waals surface area contributed by atoms with Crippen LogP contribution < -0.4 is 4.90 Å². The van der Waals surface area contributed by atoms with Gasteiger partial charge in [-0.1, -0.05) is 42.5 Å². The summed E-state index contributed by atoms with van der Waals surface area (Å²) in [5, 5.41) is 14.1. The molecule has 0 atom stereocenters. The van der Waals surface area contributed by atoms with Crippen molar-refractivity contribution in [3.8, 4) is 34.3 Å². The standard InChI is InChI=1S/C31H26FN7/c32-28-11-5-4-10-27(28)30-25(22-37-15-17-38(18-16-37)31-24(19-33)9-6-14-34-31)20-36-39(30)26-12-13-29(35-21-26)23-7-2-1-3-8-23/h1-14,20-21H,15-18,22H2. The van der Waals surface area contributed by atoms with Crippen LogP contribution in [0.3, 0.4) is 0 Å². The maximum Gasteiger partial charge on any atom is 0.146 e. The summed E-state index contributed by atoms with van der Waals surface area (Å²) in [6.07, 6.45) is 5.33. The van der Waals surface area contributed by atoms with Crippen LogP contribution in [0, 0.1) is 17.1 Å². The van der Waals surface area contributed by atoms with Gasteiger partial charge in [-0.2, -0.15) is 10.4 Å². The number of nitriles is 1. The maximum atomic E-state index is 15.1. The first-order valence-electron chi connectivity index (χ1n) is 12.9. The summed E-state index contributed by atoms with van der Waals surface area (Å²) in [5.74, 6) is 0.435. The highest BCUT2D eigenvalue weighted by molar-refractivity contribution is 5.67. The molecule has 0 amide bonds. The lowest BCUT2D eigenvalue weighted by atomic mass is 10.1. The fourth-order valence-corrected chi connectivity index (χ4v) is 5.02. The van der Waals surface area contributed by atoms with E-state index in [1.165, 1.54) is 6.07 Å². The molecule has 1 aliphatic heterocycles. The van der Waals surface area contributed by atoms with Gasteiger partial charge in [-0.05, 0) is 36.4 Å². The fraction of sp³-hybridized carbons (Fsp3) is 0.161. The second kappa shape index (κ2) is 10.9. The van der Waals surface area contributed by atoms with Gasteiger partial charge >= 0.3 is 0 Å². The van der Waals surface area contributed by atoms with Crippen molar-refractivity contribution in [3.05, 3.63) is 114 Å². The van der Waals surface area contributed by atoms with Gasteiger partial charge in [-0.25, -0.2) is 14.1 Å². The van der Waals surface area contributed by atoms with Crippen LogP contribution in [0.25, 0.3) is 28.2 Å². The fourth-order valence-electron chi connectivity index (χ4n) is 5.02. The third kappa shape index (κ3) is 5.00. The Morgan fingerprint density at radius 1 is 0.821 bits per heavy atom. The molecule has 1 fully saturated rings. The van der Waals surface area contributed by atoms with Gasteiger partial charge in [-0.15, -0.1) is 0 Å². The number of halogens is 1. The second-order valence-corrected chi connectivity index (χ2v) is 9.43. The van der Waals surface area contributed by atoms with Gasteiger partial charge in [0, 0.05) is 55.6 Å². The number of hydrogen-bond acceptors (Lipinski definition) is 6. The van der Waals surface area contributed by atoms with E-state index in [0.29, 0.717) is 17.7 Å². The van der Waals surface area contributed by atoms with Crippen molar-refractivity contribution in [3.63, 3.8) is 0 Å². The van der Waals surface area contributed by atoms with Crippen molar-refractivity contribution < 1.29 is 4.39 Å². The Bertz CT molecular complexity index is 1620. The number of nitrogens with zero attached hydrogens (tertiary/aromatic N) is 7. The first kappa shape index (κ1) is 24.5. The van der Waals surface area contributed by atoms with Crippen LogP contribution in [-0.4, -0.2) is 50.8 Å². The van der Waals surface area contributed by atoms with Crippen molar-refractivity contribution in [2.45, 2.75) is 6.54 Å². The molecule has 0 spiro atoms. The Morgan fingerprint density at radius 3 is 2.36 bits per heavy atom. The lowest BCUT2D eigenvalue weighted by molar-refractivity contribution is 0.249. The van der Waals surface area contributed by atoms with E-state index >= 15 is 4.39 Å². The summed E-state index contributed by atoms with van der Waals surface area (Å²) in [4.78, 5) is 13.6. The molecule has 0 radical (unpaired) electrons. The average molecular weight is 516 g/mol. The van der Waals surface area contributed by atoms with Gasteiger partial charge in [0.15, 0.2) is 0 Å². The summed E-state index contributed by atoms with van der Waals surface area (Å²) < 4.78 is 16.9. The van der Waals surface area contributed by atoms with Gasteiger partial charge in [0.2, 0.25) is 0 Å². The number of piperazine rings is 1. The third-order valence-corrected chi connectivity index (χ3v) is 7.01. The number of anilines is 1. The van der Waals surface area contributed by atoms with Gasteiger partial charge in [-0.3, -0.25) is 9.88 Å². The number of rotatable bonds is 6. The highest BCUT2D eigenvalue weighted by Gasteiger charge is 2.24. The van der Waals surface area contributed by atoms with Crippen molar-refractivity contribution in [1.29, 1.82) is 5.26 Å². The predicted molar refractivity (Wildman–Crippen MR) is 149 cm³/mol. The zero-order valence-corrected chi connectivity index (χ0v) is 21.3. The maximum absolute atomic E-state index is 15.1. The number of aromatic nitrogens is 4. The molecule has 3 aromatic heterocycles. The summed E-state index contributed by atoms with van der Waals surface area (Å²) in [6, 6.07) is 26.5. The lowest BCUT2D eigenvalue weighted by Crippen LogP contribution is -2.46. The van der Waals surface area contributed by atoms with E-state index in [4.69, 9.17) is 0 Å². The Kier molecular flexibility index (Phi) is 6.81. The van der Waals surface area contributed by atoms with Crippen LogP contribution in [0.5, 0.6) is 0 Å². The van der Waals surface area contributed by atoms with Crippen LogP contribution in [-0.2, 0) is 6.54 Å². The van der Waals surface area contributed by atoms with E-state index in [1.54, 1.807) is 41.3 Å². The molecular weight excluding hydrogens is 489 g/mol. The molecule has 0 saturated carbocycles. The average Bonchev–Trinajstić information content (AvgIpc) is 3.41. The predicted octanol–water partition coefficient (Wildman–Crippen LogP) is 5.33. The molecule has 0 bridgehead atoms. The molecule has 8 heteroatoms. The van der Waals surface area contributed by atoms with Crippen LogP contribution in [0.4, 0.5) is 10.2 Å². The largest absolute Gasteiger partial charge is 0.353 e. The Balaban J connectivity index is 1.27. The minimum atomic E-state index is -0.293. The normalized spacial score (nSPS) is 13.8. The molecular formula is C31H26FN7. The van der Waals surface area contributed by atoms with E-state index in [9.17, 15) is 5.26 Å². The molecule has 0 aliphatic carbocycles.